The Morgan fingerprint density at radius 3 is 2.12 bits per heavy atom. The Labute approximate surface area is 146 Å². The molecule has 0 aromatic heterocycles. The van der Waals surface area contributed by atoms with Crippen LogP contribution in [0.4, 0.5) is 20.2 Å². The van der Waals surface area contributed by atoms with E-state index < -0.39 is 35.0 Å². The molecule has 2 heterocycles. The van der Waals surface area contributed by atoms with Crippen molar-refractivity contribution in [3.05, 3.63) is 59.2 Å². The van der Waals surface area contributed by atoms with Crippen molar-refractivity contribution in [2.75, 3.05) is 16.8 Å². The molecule has 8 heteroatoms. The number of para-hydroxylation sites is 2. The second kappa shape index (κ2) is 6.47. The molecule has 2 amide bonds. The van der Waals surface area contributed by atoms with E-state index in [9.17, 15) is 28.0 Å². The Morgan fingerprint density at radius 1 is 0.885 bits per heavy atom. The molecule has 26 heavy (non-hydrogen) atoms. The van der Waals surface area contributed by atoms with Crippen molar-refractivity contribution in [1.82, 2.24) is 0 Å². The van der Waals surface area contributed by atoms with Crippen LogP contribution in [0.5, 0.6) is 0 Å². The third kappa shape index (κ3) is 2.65. The number of carbonyl (C=O) groups is 4. The standard InChI is InChI=1S/C10H8FNO2.C8H4FNO2/c1-2-12-8-6(9(13)10(12)14)4-3-5-7(8)11;9-5-3-1-2-4-6(5)10-8(12)7(4)11/h3-5H,2H2,1H3;1-3H,(H,10,11,12). The summed E-state index contributed by atoms with van der Waals surface area (Å²) in [5.74, 6) is -3.82. The fourth-order valence-corrected chi connectivity index (χ4v) is 2.75. The number of nitrogens with zero attached hydrogens (tertiary/aromatic N) is 1. The van der Waals surface area contributed by atoms with Crippen LogP contribution in [-0.4, -0.2) is 29.9 Å². The number of nitrogens with one attached hydrogen (secondary N) is 1. The highest BCUT2D eigenvalue weighted by Gasteiger charge is 2.36. The fraction of sp³-hybridized carbons (Fsp3) is 0.111. The lowest BCUT2D eigenvalue weighted by atomic mass is 10.1. The van der Waals surface area contributed by atoms with E-state index in [1.165, 1.54) is 36.4 Å². The summed E-state index contributed by atoms with van der Waals surface area (Å²) in [5, 5.41) is 2.15. The van der Waals surface area contributed by atoms with E-state index >= 15 is 0 Å². The minimum Gasteiger partial charge on any atom is -0.316 e. The summed E-state index contributed by atoms with van der Waals surface area (Å²) in [4.78, 5) is 45.6. The molecule has 2 aliphatic rings. The maximum atomic E-state index is 13.3. The number of hydrogen-bond acceptors (Lipinski definition) is 4. The number of anilines is 2. The Balaban J connectivity index is 0.000000152. The van der Waals surface area contributed by atoms with Crippen molar-refractivity contribution in [3.8, 4) is 0 Å². The highest BCUT2D eigenvalue weighted by molar-refractivity contribution is 6.52. The number of hydrogen-bond donors (Lipinski definition) is 1. The average Bonchev–Trinajstić information content (AvgIpc) is 3.06. The second-order valence-electron chi connectivity index (χ2n) is 5.46. The molecular weight excluding hydrogens is 346 g/mol. The molecule has 0 radical (unpaired) electrons. The first kappa shape index (κ1) is 17.4. The van der Waals surface area contributed by atoms with E-state index in [1.807, 2.05) is 0 Å². The normalized spacial score (nSPS) is 14.7. The Kier molecular flexibility index (Phi) is 4.33. The minimum atomic E-state index is -0.768. The molecule has 0 saturated heterocycles. The van der Waals surface area contributed by atoms with Gasteiger partial charge in [-0.05, 0) is 31.2 Å². The topological polar surface area (TPSA) is 83.6 Å². The van der Waals surface area contributed by atoms with Gasteiger partial charge in [0.05, 0.1) is 22.5 Å². The maximum Gasteiger partial charge on any atom is 0.299 e. The Morgan fingerprint density at radius 2 is 1.50 bits per heavy atom. The summed E-state index contributed by atoms with van der Waals surface area (Å²) >= 11 is 0. The van der Waals surface area contributed by atoms with Gasteiger partial charge in [0.2, 0.25) is 0 Å². The number of ketones is 2. The molecular formula is C18H12F2N2O4. The summed E-state index contributed by atoms with van der Waals surface area (Å²) in [6.45, 7) is 2.01. The molecule has 132 valence electrons. The van der Waals surface area contributed by atoms with Crippen LogP contribution in [0.2, 0.25) is 0 Å². The monoisotopic (exact) mass is 358 g/mol. The van der Waals surface area contributed by atoms with Crippen LogP contribution in [0.1, 0.15) is 27.6 Å². The molecule has 0 aliphatic carbocycles. The molecule has 0 atom stereocenters. The minimum absolute atomic E-state index is 0.00694. The van der Waals surface area contributed by atoms with Gasteiger partial charge < -0.3 is 10.2 Å². The second-order valence-corrected chi connectivity index (χ2v) is 5.46. The van der Waals surface area contributed by atoms with E-state index in [0.29, 0.717) is 6.54 Å². The molecule has 0 bridgehead atoms. The first-order valence-corrected chi connectivity index (χ1v) is 7.65. The van der Waals surface area contributed by atoms with E-state index in [4.69, 9.17) is 0 Å². The van der Waals surface area contributed by atoms with Gasteiger partial charge >= 0.3 is 0 Å². The van der Waals surface area contributed by atoms with Gasteiger partial charge in [-0.15, -0.1) is 0 Å². The molecule has 2 aromatic rings. The molecule has 2 aliphatic heterocycles. The predicted octanol–water partition coefficient (Wildman–Crippen LogP) is 2.34. The SMILES string of the molecule is CCN1C(=O)C(=O)c2cccc(F)c21.O=C1Nc2c(F)cccc2C1=O. The molecule has 0 spiro atoms. The predicted molar refractivity (Wildman–Crippen MR) is 88.1 cm³/mol. The van der Waals surface area contributed by atoms with Crippen LogP contribution >= 0.6 is 0 Å². The van der Waals surface area contributed by atoms with Gasteiger partial charge in [0.15, 0.2) is 0 Å². The summed E-state index contributed by atoms with van der Waals surface area (Å²) in [6, 6.07) is 8.14. The summed E-state index contributed by atoms with van der Waals surface area (Å²) in [7, 11) is 0. The van der Waals surface area contributed by atoms with Crippen molar-refractivity contribution in [2.24, 2.45) is 0 Å². The molecule has 2 aromatic carbocycles. The highest BCUT2D eigenvalue weighted by atomic mass is 19.1. The zero-order chi connectivity index (χ0) is 19.0. The quantitative estimate of drug-likeness (QED) is 0.793. The average molecular weight is 358 g/mol. The van der Waals surface area contributed by atoms with Crippen molar-refractivity contribution < 1.29 is 28.0 Å². The van der Waals surface area contributed by atoms with Crippen molar-refractivity contribution in [3.63, 3.8) is 0 Å². The molecule has 0 unspecified atom stereocenters. The summed E-state index contributed by atoms with van der Waals surface area (Å²) in [5.41, 5.74) is 0.384. The van der Waals surface area contributed by atoms with Gasteiger partial charge in [0.1, 0.15) is 11.6 Å². The van der Waals surface area contributed by atoms with Crippen molar-refractivity contribution in [2.45, 2.75) is 6.92 Å². The van der Waals surface area contributed by atoms with Gasteiger partial charge in [-0.2, -0.15) is 0 Å². The van der Waals surface area contributed by atoms with Crippen LogP contribution in [0.15, 0.2) is 36.4 Å². The Bertz CT molecular complexity index is 972. The lowest BCUT2D eigenvalue weighted by Crippen LogP contribution is -2.29. The number of Topliss-reactive ketones (excluding diaryl/α,β-unsaturated/α-hetero) is 2. The van der Waals surface area contributed by atoms with Crippen molar-refractivity contribution >= 4 is 34.8 Å². The molecule has 0 fully saturated rings. The van der Waals surface area contributed by atoms with E-state index in [0.717, 1.165) is 4.90 Å². The van der Waals surface area contributed by atoms with Crippen LogP contribution in [0.3, 0.4) is 0 Å². The lowest BCUT2D eigenvalue weighted by molar-refractivity contribution is -0.114. The summed E-state index contributed by atoms with van der Waals surface area (Å²) < 4.78 is 26.2. The van der Waals surface area contributed by atoms with Crippen molar-refractivity contribution in [1.29, 1.82) is 0 Å². The number of fused-ring (bicyclic) bond motifs is 2. The van der Waals surface area contributed by atoms with Crippen LogP contribution in [0, 0.1) is 11.6 Å². The molecule has 4 rings (SSSR count). The number of carbonyl (C=O) groups excluding carboxylic acids is 4. The molecule has 1 N–H and O–H groups in total. The zero-order valence-corrected chi connectivity index (χ0v) is 13.5. The first-order chi connectivity index (χ1) is 12.4. The van der Waals surface area contributed by atoms with E-state index in [-0.39, 0.29) is 22.5 Å². The zero-order valence-electron chi connectivity index (χ0n) is 13.5. The van der Waals surface area contributed by atoms with Crippen LogP contribution < -0.4 is 10.2 Å². The fourth-order valence-electron chi connectivity index (χ4n) is 2.75. The van der Waals surface area contributed by atoms with E-state index in [2.05, 4.69) is 5.32 Å². The van der Waals surface area contributed by atoms with Gasteiger partial charge in [-0.1, -0.05) is 12.1 Å². The number of benzene rings is 2. The number of likely N-dealkylation sites (N-methyl/N-ethyl adjacent to an activating group) is 1. The van der Waals surface area contributed by atoms with E-state index in [1.54, 1.807) is 6.92 Å². The van der Waals surface area contributed by atoms with Crippen LogP contribution in [0.25, 0.3) is 0 Å². The first-order valence-electron chi connectivity index (χ1n) is 7.65. The third-order valence-corrected chi connectivity index (χ3v) is 3.96. The summed E-state index contributed by atoms with van der Waals surface area (Å²) in [6.07, 6.45) is 0. The number of amides is 2. The Hall–Kier alpha value is -3.42. The van der Waals surface area contributed by atoms with Gasteiger partial charge in [-0.25, -0.2) is 8.78 Å². The van der Waals surface area contributed by atoms with Gasteiger partial charge in [0.25, 0.3) is 23.4 Å². The van der Waals surface area contributed by atoms with Gasteiger partial charge in [0, 0.05) is 6.54 Å². The number of rotatable bonds is 1. The largest absolute Gasteiger partial charge is 0.316 e. The molecule has 0 saturated carbocycles. The third-order valence-electron chi connectivity index (χ3n) is 3.96. The molecule has 6 nitrogen and oxygen atoms in total. The highest BCUT2D eigenvalue weighted by Crippen LogP contribution is 2.31. The number of halogens is 2. The van der Waals surface area contributed by atoms with Crippen LogP contribution in [-0.2, 0) is 9.59 Å². The smallest absolute Gasteiger partial charge is 0.299 e. The van der Waals surface area contributed by atoms with Gasteiger partial charge in [-0.3, -0.25) is 19.2 Å². The maximum absolute atomic E-state index is 13.3. The lowest BCUT2D eigenvalue weighted by Gasteiger charge is -2.13.